The van der Waals surface area contributed by atoms with Crippen LogP contribution in [0.25, 0.3) is 10.9 Å². The highest BCUT2D eigenvalue weighted by Crippen LogP contribution is 2.22. The monoisotopic (exact) mass is 355 g/mol. The second-order valence-electron chi connectivity index (χ2n) is 6.94. The summed E-state index contributed by atoms with van der Waals surface area (Å²) in [5.74, 6) is 0.339. The number of pyridine rings is 1. The molecule has 0 bridgehead atoms. The smallest absolute Gasteiger partial charge is 0.269 e. The number of hydrogen-bond donors (Lipinski definition) is 1. The number of fused-ring (bicyclic) bond motifs is 1. The minimum absolute atomic E-state index is 0.118. The van der Waals surface area contributed by atoms with Gasteiger partial charge in [0.15, 0.2) is 0 Å². The molecule has 1 amide bonds. The van der Waals surface area contributed by atoms with E-state index >= 15 is 0 Å². The lowest BCUT2D eigenvalue weighted by Crippen LogP contribution is -2.52. The minimum atomic E-state index is -0.118. The van der Waals surface area contributed by atoms with Crippen LogP contribution in [0.3, 0.4) is 0 Å². The maximum atomic E-state index is 12.6. The summed E-state index contributed by atoms with van der Waals surface area (Å²) < 4.78 is 11.1. The fourth-order valence-electron chi connectivity index (χ4n) is 3.84. The zero-order valence-electron chi connectivity index (χ0n) is 14.9. The van der Waals surface area contributed by atoms with Crippen molar-refractivity contribution in [2.75, 3.05) is 46.1 Å². The van der Waals surface area contributed by atoms with Gasteiger partial charge in [0, 0.05) is 43.6 Å². The van der Waals surface area contributed by atoms with Gasteiger partial charge in [-0.1, -0.05) is 24.3 Å². The van der Waals surface area contributed by atoms with Crippen LogP contribution in [0, 0.1) is 5.92 Å². The molecule has 4 rings (SSSR count). The molecule has 0 aliphatic carbocycles. The zero-order chi connectivity index (χ0) is 17.8. The van der Waals surface area contributed by atoms with Crippen LogP contribution in [-0.2, 0) is 9.47 Å². The molecule has 6 heteroatoms. The van der Waals surface area contributed by atoms with E-state index in [4.69, 9.17) is 9.47 Å². The summed E-state index contributed by atoms with van der Waals surface area (Å²) >= 11 is 0. The molecule has 0 unspecified atom stereocenters. The summed E-state index contributed by atoms with van der Waals surface area (Å²) in [5.41, 5.74) is 1.31. The Balaban J connectivity index is 1.44. The molecule has 2 aliphatic rings. The van der Waals surface area contributed by atoms with Crippen LogP contribution < -0.4 is 5.32 Å². The molecule has 0 saturated carbocycles. The molecule has 138 valence electrons. The molecule has 26 heavy (non-hydrogen) atoms. The van der Waals surface area contributed by atoms with E-state index in [2.05, 4.69) is 15.2 Å². The van der Waals surface area contributed by atoms with Crippen molar-refractivity contribution in [2.24, 2.45) is 5.92 Å². The molecule has 1 aromatic heterocycles. The molecule has 2 fully saturated rings. The number of morpholine rings is 1. The van der Waals surface area contributed by atoms with Crippen LogP contribution in [0.4, 0.5) is 0 Å². The number of rotatable bonds is 5. The van der Waals surface area contributed by atoms with Crippen molar-refractivity contribution in [3.05, 3.63) is 42.1 Å². The van der Waals surface area contributed by atoms with Crippen molar-refractivity contribution in [1.29, 1.82) is 0 Å². The van der Waals surface area contributed by atoms with Crippen molar-refractivity contribution in [3.63, 3.8) is 0 Å². The number of para-hydroxylation sites is 1. The Morgan fingerprint density at radius 2 is 2.00 bits per heavy atom. The third-order valence-corrected chi connectivity index (χ3v) is 5.33. The van der Waals surface area contributed by atoms with Gasteiger partial charge in [-0.05, 0) is 18.6 Å². The topological polar surface area (TPSA) is 63.7 Å². The number of nitrogens with zero attached hydrogens (tertiary/aromatic N) is 2. The molecular weight excluding hydrogens is 330 g/mol. The highest BCUT2D eigenvalue weighted by Gasteiger charge is 2.31. The average Bonchev–Trinajstić information content (AvgIpc) is 3.23. The summed E-state index contributed by atoms with van der Waals surface area (Å²) in [4.78, 5) is 19.6. The lowest BCUT2D eigenvalue weighted by molar-refractivity contribution is 0.00165. The lowest BCUT2D eigenvalue weighted by atomic mass is 9.97. The van der Waals surface area contributed by atoms with Gasteiger partial charge in [-0.2, -0.15) is 0 Å². The summed E-state index contributed by atoms with van der Waals surface area (Å²) in [6.07, 6.45) is 1.05. The normalized spacial score (nSPS) is 22.4. The Hall–Kier alpha value is -2.02. The van der Waals surface area contributed by atoms with Gasteiger partial charge in [0.25, 0.3) is 5.91 Å². The van der Waals surface area contributed by atoms with Crippen LogP contribution in [-0.4, -0.2) is 67.9 Å². The second kappa shape index (κ2) is 8.12. The van der Waals surface area contributed by atoms with Gasteiger partial charge in [0.1, 0.15) is 5.69 Å². The van der Waals surface area contributed by atoms with E-state index in [9.17, 15) is 4.79 Å². The average molecular weight is 355 g/mol. The summed E-state index contributed by atoms with van der Waals surface area (Å²) in [5, 5.41) is 4.14. The van der Waals surface area contributed by atoms with Gasteiger partial charge in [0.2, 0.25) is 0 Å². The van der Waals surface area contributed by atoms with Crippen molar-refractivity contribution >= 4 is 16.8 Å². The van der Waals surface area contributed by atoms with E-state index in [1.165, 1.54) is 0 Å². The van der Waals surface area contributed by atoms with E-state index in [0.717, 1.165) is 56.8 Å². The predicted octanol–water partition coefficient (Wildman–Crippen LogP) is 1.70. The molecule has 0 spiro atoms. The molecular formula is C20H25N3O3. The number of carbonyl (C=O) groups excluding carboxylic acids is 1. The van der Waals surface area contributed by atoms with E-state index in [1.807, 2.05) is 30.3 Å². The van der Waals surface area contributed by atoms with Gasteiger partial charge in [-0.25, -0.2) is 4.98 Å². The van der Waals surface area contributed by atoms with Crippen LogP contribution in [0.2, 0.25) is 0 Å². The van der Waals surface area contributed by atoms with E-state index in [0.29, 0.717) is 18.2 Å². The number of aromatic nitrogens is 1. The fraction of sp³-hybridized carbons (Fsp3) is 0.500. The first kappa shape index (κ1) is 17.4. The maximum Gasteiger partial charge on any atom is 0.269 e. The quantitative estimate of drug-likeness (QED) is 0.885. The maximum absolute atomic E-state index is 12.6. The van der Waals surface area contributed by atoms with Gasteiger partial charge in [-0.15, -0.1) is 0 Å². The largest absolute Gasteiger partial charge is 0.381 e. The highest BCUT2D eigenvalue weighted by atomic mass is 16.5. The predicted molar refractivity (Wildman–Crippen MR) is 99.2 cm³/mol. The Morgan fingerprint density at radius 3 is 2.81 bits per heavy atom. The van der Waals surface area contributed by atoms with Crippen molar-refractivity contribution in [1.82, 2.24) is 15.2 Å². The van der Waals surface area contributed by atoms with Gasteiger partial charge >= 0.3 is 0 Å². The van der Waals surface area contributed by atoms with Crippen LogP contribution >= 0.6 is 0 Å². The van der Waals surface area contributed by atoms with Crippen molar-refractivity contribution < 1.29 is 14.3 Å². The lowest BCUT2D eigenvalue weighted by Gasteiger charge is -2.37. The number of amides is 1. The third kappa shape index (κ3) is 3.87. The number of hydrogen-bond acceptors (Lipinski definition) is 5. The Morgan fingerprint density at radius 1 is 1.15 bits per heavy atom. The number of nitrogens with one attached hydrogen (secondary N) is 1. The number of ether oxygens (including phenoxy) is 2. The molecule has 2 saturated heterocycles. The van der Waals surface area contributed by atoms with Gasteiger partial charge < -0.3 is 14.8 Å². The summed E-state index contributed by atoms with van der Waals surface area (Å²) in [6, 6.07) is 11.9. The molecule has 3 heterocycles. The summed E-state index contributed by atoms with van der Waals surface area (Å²) in [6.45, 7) is 5.52. The summed E-state index contributed by atoms with van der Waals surface area (Å²) in [7, 11) is 0. The van der Waals surface area contributed by atoms with E-state index in [1.54, 1.807) is 6.07 Å². The Bertz CT molecular complexity index is 755. The van der Waals surface area contributed by atoms with Crippen LogP contribution in [0.1, 0.15) is 16.9 Å². The molecule has 6 nitrogen and oxygen atoms in total. The molecule has 1 N–H and O–H groups in total. The van der Waals surface area contributed by atoms with E-state index in [-0.39, 0.29) is 11.9 Å². The second-order valence-corrected chi connectivity index (χ2v) is 6.94. The van der Waals surface area contributed by atoms with Crippen LogP contribution in [0.5, 0.6) is 0 Å². The minimum Gasteiger partial charge on any atom is -0.381 e. The molecule has 1 aromatic carbocycles. The van der Waals surface area contributed by atoms with Crippen molar-refractivity contribution in [3.8, 4) is 0 Å². The van der Waals surface area contributed by atoms with E-state index < -0.39 is 0 Å². The Labute approximate surface area is 153 Å². The molecule has 2 aromatic rings. The Kier molecular flexibility index (Phi) is 5.43. The SMILES string of the molecule is O=C(NC[C@H]([C@@H]1CCOC1)N1CCOCC1)c1ccc2ccccc2n1. The fourth-order valence-corrected chi connectivity index (χ4v) is 3.84. The first-order valence-corrected chi connectivity index (χ1v) is 9.35. The standard InChI is InChI=1S/C20H25N3O3/c24-20(18-6-5-15-3-1-2-4-17(15)22-18)21-13-19(16-7-10-26-14-16)23-8-11-25-12-9-23/h1-6,16,19H,7-14H2,(H,21,24)/t16-,19-/m1/s1. The number of carbonyl (C=O) groups is 1. The number of benzene rings is 1. The molecule has 2 aliphatic heterocycles. The van der Waals surface area contributed by atoms with Gasteiger partial charge in [0.05, 0.1) is 25.3 Å². The van der Waals surface area contributed by atoms with Crippen LogP contribution in [0.15, 0.2) is 36.4 Å². The first-order valence-electron chi connectivity index (χ1n) is 9.35. The zero-order valence-corrected chi connectivity index (χ0v) is 14.9. The van der Waals surface area contributed by atoms with Gasteiger partial charge in [-0.3, -0.25) is 9.69 Å². The third-order valence-electron chi connectivity index (χ3n) is 5.33. The highest BCUT2D eigenvalue weighted by molar-refractivity contribution is 5.94. The molecule has 0 radical (unpaired) electrons. The molecule has 2 atom stereocenters. The van der Waals surface area contributed by atoms with Crippen molar-refractivity contribution in [2.45, 2.75) is 12.5 Å². The first-order chi connectivity index (χ1) is 12.8.